The number of benzene rings is 1. The van der Waals surface area contributed by atoms with Gasteiger partial charge in [-0.05, 0) is 18.1 Å². The minimum atomic E-state index is -0.719. The average molecular weight is 291 g/mol. The number of esters is 1. The molecule has 21 heavy (non-hydrogen) atoms. The number of methoxy groups -OCH3 is 1. The largest absolute Gasteiger partial charge is 0.467 e. The molecule has 1 aromatic rings. The van der Waals surface area contributed by atoms with E-state index < -0.39 is 18.0 Å². The van der Waals surface area contributed by atoms with Crippen molar-refractivity contribution in [1.82, 2.24) is 10.6 Å². The average Bonchev–Trinajstić information content (AvgIpc) is 2.50. The van der Waals surface area contributed by atoms with Gasteiger partial charge in [-0.3, -0.25) is 0 Å². The van der Waals surface area contributed by atoms with Crippen LogP contribution in [0.25, 0.3) is 0 Å². The van der Waals surface area contributed by atoms with Crippen molar-refractivity contribution in [2.24, 2.45) is 4.99 Å². The van der Waals surface area contributed by atoms with E-state index in [1.807, 2.05) is 24.3 Å². The van der Waals surface area contributed by atoms with Crippen LogP contribution in [-0.4, -0.2) is 31.2 Å². The van der Waals surface area contributed by atoms with Crippen LogP contribution in [0.2, 0.25) is 0 Å². The van der Waals surface area contributed by atoms with Gasteiger partial charge in [0, 0.05) is 6.54 Å². The van der Waals surface area contributed by atoms with Crippen molar-refractivity contribution in [3.63, 3.8) is 0 Å². The molecule has 1 atom stereocenters. The number of nitrogens with one attached hydrogen (secondary N) is 2. The molecule has 2 amide bonds. The number of carbonyl (C=O) groups excluding carboxylic acids is 3. The van der Waals surface area contributed by atoms with E-state index in [0.717, 1.165) is 11.1 Å². The Morgan fingerprint density at radius 1 is 1.38 bits per heavy atom. The first-order valence-corrected chi connectivity index (χ1v) is 6.30. The first-order chi connectivity index (χ1) is 10.1. The minimum absolute atomic E-state index is 0.253. The van der Waals surface area contributed by atoms with Gasteiger partial charge in [0.25, 0.3) is 0 Å². The van der Waals surface area contributed by atoms with Gasteiger partial charge in [-0.2, -0.15) is 0 Å². The Morgan fingerprint density at radius 2 is 2.10 bits per heavy atom. The van der Waals surface area contributed by atoms with E-state index in [1.54, 1.807) is 0 Å². The molecule has 0 aliphatic heterocycles. The van der Waals surface area contributed by atoms with E-state index in [-0.39, 0.29) is 6.54 Å². The maximum atomic E-state index is 11.6. The zero-order valence-electron chi connectivity index (χ0n) is 11.9. The highest BCUT2D eigenvalue weighted by Gasteiger charge is 2.15. The summed E-state index contributed by atoms with van der Waals surface area (Å²) < 4.78 is 4.51. The molecule has 1 unspecified atom stereocenters. The monoisotopic (exact) mass is 291 g/mol. The second-order valence-corrected chi connectivity index (χ2v) is 4.30. The fraction of sp³-hybridized carbons (Fsp3) is 0.357. The number of amides is 2. The number of aliphatic imine (C=N–C) groups is 1. The molecule has 0 aliphatic rings. The summed E-state index contributed by atoms with van der Waals surface area (Å²) in [5.41, 5.74) is 1.70. The summed E-state index contributed by atoms with van der Waals surface area (Å²) in [6.07, 6.45) is 1.48. The molecule has 0 heterocycles. The van der Waals surface area contributed by atoms with E-state index in [1.165, 1.54) is 20.1 Å². The van der Waals surface area contributed by atoms with E-state index in [4.69, 9.17) is 0 Å². The van der Waals surface area contributed by atoms with E-state index in [9.17, 15) is 14.4 Å². The summed E-state index contributed by atoms with van der Waals surface area (Å²) in [4.78, 5) is 36.3. The maximum Gasteiger partial charge on any atom is 0.328 e. The molecular formula is C14H17N3O4. The Morgan fingerprint density at radius 3 is 2.76 bits per heavy atom. The second kappa shape index (κ2) is 8.50. The molecule has 0 spiro atoms. The SMILES string of the molecule is COC(=O)C(C)NC(=O)NCc1cccc(CN=C=O)c1. The van der Waals surface area contributed by atoms with Crippen LogP contribution in [0.5, 0.6) is 0 Å². The van der Waals surface area contributed by atoms with E-state index in [2.05, 4.69) is 20.4 Å². The number of hydrogen-bond acceptors (Lipinski definition) is 5. The van der Waals surface area contributed by atoms with Gasteiger partial charge < -0.3 is 15.4 Å². The number of urea groups is 1. The highest BCUT2D eigenvalue weighted by atomic mass is 16.5. The molecule has 0 aliphatic carbocycles. The zero-order valence-corrected chi connectivity index (χ0v) is 11.9. The van der Waals surface area contributed by atoms with Crippen LogP contribution in [0.1, 0.15) is 18.1 Å². The fourth-order valence-corrected chi connectivity index (χ4v) is 1.63. The highest BCUT2D eigenvalue weighted by molar-refractivity contribution is 5.83. The lowest BCUT2D eigenvalue weighted by atomic mass is 10.1. The molecular weight excluding hydrogens is 274 g/mol. The number of rotatable bonds is 6. The number of hydrogen-bond donors (Lipinski definition) is 2. The second-order valence-electron chi connectivity index (χ2n) is 4.30. The fourth-order valence-electron chi connectivity index (χ4n) is 1.63. The summed E-state index contributed by atoms with van der Waals surface area (Å²) in [7, 11) is 1.26. The van der Waals surface area contributed by atoms with Crippen LogP contribution < -0.4 is 10.6 Å². The van der Waals surface area contributed by atoms with E-state index >= 15 is 0 Å². The van der Waals surface area contributed by atoms with Gasteiger partial charge >= 0.3 is 12.0 Å². The Bertz CT molecular complexity index is 553. The molecule has 7 heteroatoms. The van der Waals surface area contributed by atoms with Crippen LogP contribution in [0, 0.1) is 0 Å². The Labute approximate surface area is 122 Å². The van der Waals surface area contributed by atoms with Crippen molar-refractivity contribution in [2.45, 2.75) is 26.1 Å². The molecule has 2 N–H and O–H groups in total. The van der Waals surface area contributed by atoms with Gasteiger partial charge in [0.05, 0.1) is 13.7 Å². The van der Waals surface area contributed by atoms with Gasteiger partial charge in [0.1, 0.15) is 6.04 Å². The van der Waals surface area contributed by atoms with Crippen molar-refractivity contribution < 1.29 is 19.1 Å². The maximum absolute atomic E-state index is 11.6. The molecule has 0 fully saturated rings. The molecule has 0 saturated heterocycles. The van der Waals surface area contributed by atoms with Gasteiger partial charge in [-0.25, -0.2) is 19.4 Å². The van der Waals surface area contributed by atoms with Crippen molar-refractivity contribution in [2.75, 3.05) is 7.11 Å². The summed E-state index contributed by atoms with van der Waals surface area (Å²) in [6.45, 7) is 2.07. The van der Waals surface area contributed by atoms with Crippen molar-refractivity contribution in [1.29, 1.82) is 0 Å². The first kappa shape index (κ1) is 16.4. The Kier molecular flexibility index (Phi) is 6.63. The van der Waals surface area contributed by atoms with Crippen LogP contribution in [-0.2, 0) is 27.4 Å². The number of ether oxygens (including phenoxy) is 1. The molecule has 1 aromatic carbocycles. The van der Waals surface area contributed by atoms with Crippen LogP contribution in [0.4, 0.5) is 4.79 Å². The number of isocyanates is 1. The lowest BCUT2D eigenvalue weighted by Crippen LogP contribution is -2.44. The van der Waals surface area contributed by atoms with Crippen LogP contribution in [0.15, 0.2) is 29.3 Å². The lowest BCUT2D eigenvalue weighted by molar-refractivity contribution is -0.142. The van der Waals surface area contributed by atoms with Crippen molar-refractivity contribution >= 4 is 18.1 Å². The summed E-state index contributed by atoms with van der Waals surface area (Å²) in [5, 5.41) is 5.08. The van der Waals surface area contributed by atoms with Gasteiger partial charge in [0.2, 0.25) is 6.08 Å². The normalized spacial score (nSPS) is 11.0. The van der Waals surface area contributed by atoms with Crippen LogP contribution in [0.3, 0.4) is 0 Å². The smallest absolute Gasteiger partial charge is 0.328 e. The molecule has 0 bridgehead atoms. The summed E-state index contributed by atoms with van der Waals surface area (Å²) in [6, 6.07) is 6.10. The predicted molar refractivity (Wildman–Crippen MR) is 75.1 cm³/mol. The molecule has 1 rings (SSSR count). The van der Waals surface area contributed by atoms with E-state index in [0.29, 0.717) is 6.54 Å². The molecule has 0 aromatic heterocycles. The molecule has 7 nitrogen and oxygen atoms in total. The first-order valence-electron chi connectivity index (χ1n) is 6.30. The predicted octanol–water partition coefficient (Wildman–Crippen LogP) is 0.883. The topological polar surface area (TPSA) is 96.9 Å². The molecule has 112 valence electrons. The lowest BCUT2D eigenvalue weighted by Gasteiger charge is -2.12. The Hall–Kier alpha value is -2.66. The van der Waals surface area contributed by atoms with Crippen molar-refractivity contribution in [3.05, 3.63) is 35.4 Å². The minimum Gasteiger partial charge on any atom is -0.467 e. The third-order valence-electron chi connectivity index (χ3n) is 2.67. The molecule has 0 radical (unpaired) electrons. The Balaban J connectivity index is 2.49. The molecule has 0 saturated carbocycles. The van der Waals surface area contributed by atoms with Gasteiger partial charge in [-0.15, -0.1) is 0 Å². The number of nitrogens with zero attached hydrogens (tertiary/aromatic N) is 1. The zero-order chi connectivity index (χ0) is 15.7. The van der Waals surface area contributed by atoms with Crippen molar-refractivity contribution in [3.8, 4) is 0 Å². The van der Waals surface area contributed by atoms with Crippen LogP contribution >= 0.6 is 0 Å². The standard InChI is InChI=1S/C14H17N3O4/c1-10(13(19)21-2)17-14(20)16-8-12-5-3-4-11(6-12)7-15-9-18/h3-6,10H,7-8H2,1-2H3,(H2,16,17,20). The summed E-state index contributed by atoms with van der Waals surface area (Å²) in [5.74, 6) is -0.515. The highest BCUT2D eigenvalue weighted by Crippen LogP contribution is 2.06. The third-order valence-corrected chi connectivity index (χ3v) is 2.67. The quantitative estimate of drug-likeness (QED) is 0.462. The van der Waals surface area contributed by atoms with Gasteiger partial charge in [-0.1, -0.05) is 24.3 Å². The summed E-state index contributed by atoms with van der Waals surface area (Å²) >= 11 is 0. The third kappa shape index (κ3) is 5.88. The van der Waals surface area contributed by atoms with Gasteiger partial charge in [0.15, 0.2) is 0 Å². The number of carbonyl (C=O) groups is 2.